The number of nitrogens with zero attached hydrogens (tertiary/aromatic N) is 2. The second-order valence-corrected chi connectivity index (χ2v) is 7.06. The summed E-state index contributed by atoms with van der Waals surface area (Å²) in [4.78, 5) is 8.39. The maximum atomic E-state index is 12.4. The topological polar surface area (TPSA) is 80.6 Å². The van der Waals surface area contributed by atoms with Crippen molar-refractivity contribution in [2.45, 2.75) is 4.90 Å². The summed E-state index contributed by atoms with van der Waals surface area (Å²) in [5.74, 6) is 0.747. The van der Waals surface area contributed by atoms with Crippen LogP contribution in [0.4, 0.5) is 11.4 Å². The Labute approximate surface area is 152 Å². The van der Waals surface area contributed by atoms with Crippen LogP contribution in [0.25, 0.3) is 0 Å². The van der Waals surface area contributed by atoms with Gasteiger partial charge in [-0.3, -0.25) is 14.7 Å². The summed E-state index contributed by atoms with van der Waals surface area (Å²) in [6.07, 6.45) is 4.72. The molecule has 0 saturated carbocycles. The average molecular weight is 367 g/mol. The fourth-order valence-electron chi connectivity index (χ4n) is 2.22. The first-order valence-corrected chi connectivity index (χ1v) is 9.26. The highest BCUT2D eigenvalue weighted by molar-refractivity contribution is 7.92. The van der Waals surface area contributed by atoms with Gasteiger partial charge in [0.2, 0.25) is 0 Å². The normalized spacial score (nSPS) is 11.4. The van der Waals surface area contributed by atoms with E-state index in [4.69, 9.17) is 4.74 Å². The fourth-order valence-corrected chi connectivity index (χ4v) is 3.26. The van der Waals surface area contributed by atoms with Gasteiger partial charge in [0, 0.05) is 12.4 Å². The Balaban J connectivity index is 1.74. The molecule has 0 amide bonds. The molecular weight excluding hydrogens is 350 g/mol. The van der Waals surface area contributed by atoms with Crippen LogP contribution in [0.3, 0.4) is 0 Å². The first-order valence-electron chi connectivity index (χ1n) is 7.78. The first-order chi connectivity index (χ1) is 12.6. The summed E-state index contributed by atoms with van der Waals surface area (Å²) in [6.45, 7) is 0. The fraction of sp³-hybridized carbons (Fsp3) is 0.0526. The molecule has 132 valence electrons. The summed E-state index contributed by atoms with van der Waals surface area (Å²) in [5.41, 5.74) is 1.94. The molecule has 0 unspecified atom stereocenters. The van der Waals surface area contributed by atoms with Crippen molar-refractivity contribution in [1.29, 1.82) is 0 Å². The van der Waals surface area contributed by atoms with E-state index in [9.17, 15) is 8.42 Å². The lowest BCUT2D eigenvalue weighted by atomic mass is 10.2. The third kappa shape index (κ3) is 4.46. The zero-order valence-electron chi connectivity index (χ0n) is 14.0. The zero-order chi connectivity index (χ0) is 18.4. The Morgan fingerprint density at radius 1 is 1.08 bits per heavy atom. The number of hydrogen-bond donors (Lipinski definition) is 1. The monoisotopic (exact) mass is 367 g/mol. The minimum atomic E-state index is -3.66. The van der Waals surface area contributed by atoms with E-state index >= 15 is 0 Å². The molecule has 0 atom stereocenters. The van der Waals surface area contributed by atoms with Gasteiger partial charge >= 0.3 is 0 Å². The molecule has 1 aromatic heterocycles. The maximum absolute atomic E-state index is 12.4. The largest absolute Gasteiger partial charge is 0.497 e. The van der Waals surface area contributed by atoms with Crippen molar-refractivity contribution in [1.82, 2.24) is 4.98 Å². The highest BCUT2D eigenvalue weighted by Gasteiger charge is 2.13. The quantitative estimate of drug-likeness (QED) is 0.675. The minimum absolute atomic E-state index is 0.154. The predicted octanol–water partition coefficient (Wildman–Crippen LogP) is 3.64. The molecule has 3 aromatic rings. The SMILES string of the molecule is COc1cccc(C=Nc2ccc(S(=O)(=O)Nc3cccnc3)cc2)c1. The summed E-state index contributed by atoms with van der Waals surface area (Å²) < 4.78 is 32.4. The van der Waals surface area contributed by atoms with E-state index < -0.39 is 10.0 Å². The van der Waals surface area contributed by atoms with Crippen molar-refractivity contribution in [2.24, 2.45) is 4.99 Å². The van der Waals surface area contributed by atoms with Gasteiger partial charge in [-0.2, -0.15) is 0 Å². The van der Waals surface area contributed by atoms with Crippen LogP contribution in [0.2, 0.25) is 0 Å². The lowest BCUT2D eigenvalue weighted by Gasteiger charge is -2.07. The number of pyridine rings is 1. The van der Waals surface area contributed by atoms with Crippen molar-refractivity contribution in [3.8, 4) is 5.75 Å². The number of aromatic nitrogens is 1. The van der Waals surface area contributed by atoms with Gasteiger partial charge in [0.05, 0.1) is 29.6 Å². The maximum Gasteiger partial charge on any atom is 0.261 e. The average Bonchev–Trinajstić information content (AvgIpc) is 2.67. The third-order valence-corrected chi connectivity index (χ3v) is 4.91. The van der Waals surface area contributed by atoms with E-state index in [2.05, 4.69) is 14.7 Å². The molecule has 0 bridgehead atoms. The standard InChI is InChI=1S/C19H17N3O3S/c1-25-18-6-2-4-15(12-18)13-21-16-7-9-19(10-8-16)26(23,24)22-17-5-3-11-20-14-17/h2-14,22H,1H3. The summed E-state index contributed by atoms with van der Waals surface area (Å²) in [6, 6.07) is 17.1. The van der Waals surface area contributed by atoms with Gasteiger partial charge in [0.15, 0.2) is 0 Å². The molecule has 3 rings (SSSR count). The van der Waals surface area contributed by atoms with Gasteiger partial charge in [-0.1, -0.05) is 12.1 Å². The van der Waals surface area contributed by atoms with Gasteiger partial charge in [-0.15, -0.1) is 0 Å². The third-order valence-electron chi connectivity index (χ3n) is 3.52. The molecule has 0 saturated heterocycles. The van der Waals surface area contributed by atoms with Crippen LogP contribution < -0.4 is 9.46 Å². The Morgan fingerprint density at radius 3 is 2.58 bits per heavy atom. The highest BCUT2D eigenvalue weighted by Crippen LogP contribution is 2.19. The molecule has 0 aliphatic heterocycles. The van der Waals surface area contributed by atoms with Crippen LogP contribution in [0.5, 0.6) is 5.75 Å². The van der Waals surface area contributed by atoms with Crippen molar-refractivity contribution < 1.29 is 13.2 Å². The summed E-state index contributed by atoms with van der Waals surface area (Å²) in [5, 5.41) is 0. The van der Waals surface area contributed by atoms with E-state index in [-0.39, 0.29) is 4.90 Å². The van der Waals surface area contributed by atoms with Crippen molar-refractivity contribution in [3.63, 3.8) is 0 Å². The van der Waals surface area contributed by atoms with Gasteiger partial charge in [-0.25, -0.2) is 8.42 Å². The summed E-state index contributed by atoms with van der Waals surface area (Å²) in [7, 11) is -2.06. The molecule has 0 aliphatic carbocycles. The lowest BCUT2D eigenvalue weighted by Crippen LogP contribution is -2.12. The van der Waals surface area contributed by atoms with E-state index in [1.54, 1.807) is 43.8 Å². The van der Waals surface area contributed by atoms with Gasteiger partial charge in [0.1, 0.15) is 5.75 Å². The minimum Gasteiger partial charge on any atom is -0.497 e. The number of aliphatic imine (C=N–C) groups is 1. The molecule has 6 nitrogen and oxygen atoms in total. The van der Waals surface area contributed by atoms with Gasteiger partial charge in [-0.05, 0) is 54.1 Å². The van der Waals surface area contributed by atoms with Crippen LogP contribution in [0.15, 0.2) is 82.9 Å². The number of ether oxygens (including phenoxy) is 1. The Kier molecular flexibility index (Phi) is 5.28. The number of sulfonamides is 1. The summed E-state index contributed by atoms with van der Waals surface area (Å²) >= 11 is 0. The highest BCUT2D eigenvalue weighted by atomic mass is 32.2. The van der Waals surface area contributed by atoms with Gasteiger partial charge < -0.3 is 4.74 Å². The number of hydrogen-bond acceptors (Lipinski definition) is 5. The zero-order valence-corrected chi connectivity index (χ0v) is 14.8. The molecule has 2 aromatic carbocycles. The van der Waals surface area contributed by atoms with Crippen LogP contribution in [-0.4, -0.2) is 26.7 Å². The molecule has 1 N–H and O–H groups in total. The molecule has 0 aliphatic rings. The molecule has 7 heteroatoms. The molecule has 0 radical (unpaired) electrons. The lowest BCUT2D eigenvalue weighted by molar-refractivity contribution is 0.415. The Bertz CT molecular complexity index is 1000. The predicted molar refractivity (Wildman–Crippen MR) is 102 cm³/mol. The molecule has 1 heterocycles. The van der Waals surface area contributed by atoms with E-state index in [0.717, 1.165) is 11.3 Å². The Morgan fingerprint density at radius 2 is 1.88 bits per heavy atom. The number of nitrogens with one attached hydrogen (secondary N) is 1. The van der Waals surface area contributed by atoms with Crippen molar-refractivity contribution in [3.05, 3.63) is 78.6 Å². The number of anilines is 1. The number of benzene rings is 2. The first kappa shape index (κ1) is 17.6. The molecule has 0 fully saturated rings. The molecule has 26 heavy (non-hydrogen) atoms. The smallest absolute Gasteiger partial charge is 0.261 e. The van der Waals surface area contributed by atoms with Gasteiger partial charge in [0.25, 0.3) is 10.0 Å². The van der Waals surface area contributed by atoms with Crippen LogP contribution in [0.1, 0.15) is 5.56 Å². The second kappa shape index (κ2) is 7.79. The van der Waals surface area contributed by atoms with Crippen LogP contribution >= 0.6 is 0 Å². The molecular formula is C19H17N3O3S. The molecule has 0 spiro atoms. The van der Waals surface area contributed by atoms with E-state index in [0.29, 0.717) is 11.4 Å². The Hall–Kier alpha value is -3.19. The van der Waals surface area contributed by atoms with Crippen molar-refractivity contribution >= 4 is 27.6 Å². The van der Waals surface area contributed by atoms with E-state index in [1.807, 2.05) is 24.3 Å². The second-order valence-electron chi connectivity index (χ2n) is 5.38. The van der Waals surface area contributed by atoms with Crippen LogP contribution in [-0.2, 0) is 10.0 Å². The van der Waals surface area contributed by atoms with Crippen molar-refractivity contribution in [2.75, 3.05) is 11.8 Å². The number of rotatable bonds is 6. The van der Waals surface area contributed by atoms with E-state index in [1.165, 1.54) is 18.3 Å². The number of methoxy groups -OCH3 is 1. The van der Waals surface area contributed by atoms with Crippen LogP contribution in [0, 0.1) is 0 Å².